The fourth-order valence-electron chi connectivity index (χ4n) is 2.47. The van der Waals surface area contributed by atoms with E-state index >= 15 is 0 Å². The summed E-state index contributed by atoms with van der Waals surface area (Å²) in [6.07, 6.45) is 3.04. The van der Waals surface area contributed by atoms with Crippen LogP contribution in [0.5, 0.6) is 0 Å². The molecule has 3 unspecified atom stereocenters. The van der Waals surface area contributed by atoms with Gasteiger partial charge in [0.05, 0.1) is 0 Å². The fourth-order valence-corrected chi connectivity index (χ4v) is 2.47. The first-order valence-corrected chi connectivity index (χ1v) is 6.90. The van der Waals surface area contributed by atoms with Gasteiger partial charge in [0, 0.05) is 18.4 Å². The fraction of sp³-hybridized carbons (Fsp3) is 0.529. The highest BCUT2D eigenvalue weighted by Gasteiger charge is 2.24. The lowest BCUT2D eigenvalue weighted by Gasteiger charge is -2.29. The highest BCUT2D eigenvalue weighted by Crippen LogP contribution is 2.30. The molecule has 3 atom stereocenters. The summed E-state index contributed by atoms with van der Waals surface area (Å²) in [6.45, 7) is 6.41. The SMILES string of the molecule is CC#CCCC(N)C(c1ccccc1)C(C)CC. The van der Waals surface area contributed by atoms with Crippen LogP contribution in [0.1, 0.15) is 51.5 Å². The second kappa shape index (κ2) is 7.95. The maximum atomic E-state index is 6.40. The van der Waals surface area contributed by atoms with Gasteiger partial charge < -0.3 is 5.73 Å². The third-order valence-electron chi connectivity index (χ3n) is 3.68. The monoisotopic (exact) mass is 243 g/mol. The van der Waals surface area contributed by atoms with Crippen molar-refractivity contribution >= 4 is 0 Å². The molecule has 2 N–H and O–H groups in total. The summed E-state index contributed by atoms with van der Waals surface area (Å²) >= 11 is 0. The molecular formula is C17H25N. The van der Waals surface area contributed by atoms with Crippen LogP contribution in [0.15, 0.2) is 30.3 Å². The summed E-state index contributed by atoms with van der Waals surface area (Å²) in [6, 6.07) is 10.9. The number of benzene rings is 1. The minimum atomic E-state index is 0.197. The van der Waals surface area contributed by atoms with Crippen LogP contribution in [0.4, 0.5) is 0 Å². The smallest absolute Gasteiger partial charge is 0.0119 e. The maximum absolute atomic E-state index is 6.40. The molecule has 98 valence electrons. The molecule has 18 heavy (non-hydrogen) atoms. The Balaban J connectivity index is 2.80. The average Bonchev–Trinajstić information content (AvgIpc) is 2.40. The Morgan fingerprint density at radius 1 is 1.22 bits per heavy atom. The summed E-state index contributed by atoms with van der Waals surface area (Å²) in [5, 5.41) is 0. The van der Waals surface area contributed by atoms with Crippen LogP contribution in [-0.2, 0) is 0 Å². The highest BCUT2D eigenvalue weighted by molar-refractivity contribution is 5.22. The van der Waals surface area contributed by atoms with Crippen molar-refractivity contribution in [1.29, 1.82) is 0 Å². The first kappa shape index (κ1) is 14.8. The predicted molar refractivity (Wildman–Crippen MR) is 79.3 cm³/mol. The van der Waals surface area contributed by atoms with Crippen molar-refractivity contribution in [3.05, 3.63) is 35.9 Å². The van der Waals surface area contributed by atoms with Crippen LogP contribution >= 0.6 is 0 Å². The van der Waals surface area contributed by atoms with Crippen LogP contribution in [0.2, 0.25) is 0 Å². The molecule has 0 spiro atoms. The number of hydrogen-bond donors (Lipinski definition) is 1. The van der Waals surface area contributed by atoms with E-state index < -0.39 is 0 Å². The standard InChI is InChI=1S/C17H25N/c1-4-6-8-13-16(18)17(14(3)5-2)15-11-9-7-10-12-15/h7,9-12,14,16-17H,5,8,13,18H2,1-3H3. The van der Waals surface area contributed by atoms with E-state index in [2.05, 4.69) is 56.0 Å². The second-order valence-electron chi connectivity index (χ2n) is 4.95. The van der Waals surface area contributed by atoms with E-state index in [0.717, 1.165) is 19.3 Å². The quantitative estimate of drug-likeness (QED) is 0.752. The zero-order valence-corrected chi connectivity index (χ0v) is 11.8. The molecule has 1 rings (SSSR count). The van der Waals surface area contributed by atoms with Crippen molar-refractivity contribution < 1.29 is 0 Å². The summed E-state index contributed by atoms with van der Waals surface area (Å²) in [7, 11) is 0. The molecule has 0 saturated heterocycles. The Hall–Kier alpha value is -1.26. The van der Waals surface area contributed by atoms with Gasteiger partial charge in [-0.3, -0.25) is 0 Å². The molecule has 0 saturated carbocycles. The summed E-state index contributed by atoms with van der Waals surface area (Å²) < 4.78 is 0. The van der Waals surface area contributed by atoms with Crippen LogP contribution in [-0.4, -0.2) is 6.04 Å². The van der Waals surface area contributed by atoms with Crippen LogP contribution in [0.3, 0.4) is 0 Å². The first-order valence-electron chi connectivity index (χ1n) is 6.90. The van der Waals surface area contributed by atoms with Crippen LogP contribution in [0.25, 0.3) is 0 Å². The molecule has 0 aromatic heterocycles. The van der Waals surface area contributed by atoms with Gasteiger partial charge in [-0.2, -0.15) is 0 Å². The van der Waals surface area contributed by atoms with Crippen molar-refractivity contribution in [2.24, 2.45) is 11.7 Å². The zero-order chi connectivity index (χ0) is 13.4. The third kappa shape index (κ3) is 4.20. The van der Waals surface area contributed by atoms with Gasteiger partial charge in [-0.25, -0.2) is 0 Å². The average molecular weight is 243 g/mol. The molecule has 0 radical (unpaired) electrons. The normalized spacial score (nSPS) is 15.3. The zero-order valence-electron chi connectivity index (χ0n) is 11.8. The van der Waals surface area contributed by atoms with Crippen molar-refractivity contribution in [2.45, 2.75) is 52.0 Å². The molecule has 0 aliphatic rings. The van der Waals surface area contributed by atoms with Crippen LogP contribution < -0.4 is 5.73 Å². The first-order chi connectivity index (χ1) is 8.70. The molecule has 0 aliphatic heterocycles. The lowest BCUT2D eigenvalue weighted by atomic mass is 9.79. The van der Waals surface area contributed by atoms with E-state index in [1.165, 1.54) is 5.56 Å². The van der Waals surface area contributed by atoms with Crippen molar-refractivity contribution in [2.75, 3.05) is 0 Å². The Morgan fingerprint density at radius 2 is 1.89 bits per heavy atom. The van der Waals surface area contributed by atoms with E-state index in [9.17, 15) is 0 Å². The molecule has 0 fully saturated rings. The summed E-state index contributed by atoms with van der Waals surface area (Å²) in [4.78, 5) is 0. The van der Waals surface area contributed by atoms with E-state index in [-0.39, 0.29) is 6.04 Å². The Labute approximate surface area is 112 Å². The van der Waals surface area contributed by atoms with Gasteiger partial charge >= 0.3 is 0 Å². The molecule has 1 aromatic carbocycles. The predicted octanol–water partition coefficient (Wildman–Crippen LogP) is 3.95. The summed E-state index contributed by atoms with van der Waals surface area (Å²) in [5.74, 6) is 7.10. The minimum absolute atomic E-state index is 0.197. The number of nitrogens with two attached hydrogens (primary N) is 1. The van der Waals surface area contributed by atoms with Crippen molar-refractivity contribution in [3.63, 3.8) is 0 Å². The van der Waals surface area contributed by atoms with Gasteiger partial charge in [0.25, 0.3) is 0 Å². The van der Waals surface area contributed by atoms with Gasteiger partial charge in [0.1, 0.15) is 0 Å². The summed E-state index contributed by atoms with van der Waals surface area (Å²) in [5.41, 5.74) is 7.76. The van der Waals surface area contributed by atoms with Crippen molar-refractivity contribution in [3.8, 4) is 11.8 Å². The molecule has 0 heterocycles. The Morgan fingerprint density at radius 3 is 2.44 bits per heavy atom. The Kier molecular flexibility index (Phi) is 6.54. The Bertz CT molecular complexity index is 385. The topological polar surface area (TPSA) is 26.0 Å². The number of rotatable bonds is 6. The molecule has 0 bridgehead atoms. The number of hydrogen-bond acceptors (Lipinski definition) is 1. The largest absolute Gasteiger partial charge is 0.327 e. The molecule has 0 amide bonds. The lowest BCUT2D eigenvalue weighted by molar-refractivity contribution is 0.370. The minimum Gasteiger partial charge on any atom is -0.327 e. The highest BCUT2D eigenvalue weighted by atomic mass is 14.7. The second-order valence-corrected chi connectivity index (χ2v) is 4.95. The van der Waals surface area contributed by atoms with Gasteiger partial charge in [-0.15, -0.1) is 11.8 Å². The van der Waals surface area contributed by atoms with Gasteiger partial charge in [-0.1, -0.05) is 50.6 Å². The van der Waals surface area contributed by atoms with E-state index in [4.69, 9.17) is 5.73 Å². The van der Waals surface area contributed by atoms with Gasteiger partial charge in [-0.05, 0) is 24.8 Å². The van der Waals surface area contributed by atoms with Crippen LogP contribution in [0, 0.1) is 17.8 Å². The lowest BCUT2D eigenvalue weighted by Crippen LogP contribution is -2.32. The van der Waals surface area contributed by atoms with Gasteiger partial charge in [0.15, 0.2) is 0 Å². The molecule has 1 heteroatoms. The van der Waals surface area contributed by atoms with Gasteiger partial charge in [0.2, 0.25) is 0 Å². The molecule has 1 nitrogen and oxygen atoms in total. The van der Waals surface area contributed by atoms with E-state index in [0.29, 0.717) is 11.8 Å². The molecular weight excluding hydrogens is 218 g/mol. The molecule has 0 aliphatic carbocycles. The van der Waals surface area contributed by atoms with Crippen molar-refractivity contribution in [1.82, 2.24) is 0 Å². The molecule has 1 aromatic rings. The maximum Gasteiger partial charge on any atom is 0.0119 e. The van der Waals surface area contributed by atoms with E-state index in [1.54, 1.807) is 0 Å². The van der Waals surface area contributed by atoms with E-state index in [1.807, 2.05) is 6.92 Å². The third-order valence-corrected chi connectivity index (χ3v) is 3.68.